The van der Waals surface area contributed by atoms with Crippen LogP contribution in [0.15, 0.2) is 22.1 Å². The predicted molar refractivity (Wildman–Crippen MR) is 99.2 cm³/mol. The summed E-state index contributed by atoms with van der Waals surface area (Å²) in [5, 5.41) is 0. The summed E-state index contributed by atoms with van der Waals surface area (Å²) in [6.07, 6.45) is 8.61. The van der Waals surface area contributed by atoms with Crippen molar-refractivity contribution in [1.82, 2.24) is 4.98 Å². The van der Waals surface area contributed by atoms with Crippen LogP contribution in [0.5, 0.6) is 0 Å². The van der Waals surface area contributed by atoms with Gasteiger partial charge in [0.1, 0.15) is 12.1 Å². The normalized spacial score (nSPS) is 22.8. The Morgan fingerprint density at radius 2 is 2.08 bits per heavy atom. The first kappa shape index (κ1) is 17.9. The lowest BCUT2D eigenvalue weighted by Gasteiger charge is -2.26. The molecule has 7 heteroatoms. The molecule has 1 fully saturated rings. The first-order valence-electron chi connectivity index (χ1n) is 8.68. The number of carbonyl (C=O) groups is 2. The third-order valence-corrected chi connectivity index (χ3v) is 7.57. The molecule has 1 amide bonds. The Morgan fingerprint density at radius 1 is 1.36 bits per heavy atom. The minimum Gasteiger partial charge on any atom is -0.461 e. The summed E-state index contributed by atoms with van der Waals surface area (Å²) in [6.45, 7) is 1.97. The van der Waals surface area contributed by atoms with E-state index in [1.54, 1.807) is 12.3 Å². The maximum atomic E-state index is 12.4. The van der Waals surface area contributed by atoms with Gasteiger partial charge in [0.2, 0.25) is 0 Å². The number of hydrogen-bond acceptors (Lipinski definition) is 5. The fourth-order valence-electron chi connectivity index (χ4n) is 3.46. The number of pyridine rings is 1. The van der Waals surface area contributed by atoms with E-state index in [4.69, 9.17) is 16.2 Å². The van der Waals surface area contributed by atoms with Gasteiger partial charge in [-0.25, -0.2) is 0 Å². The third kappa shape index (κ3) is 3.88. The van der Waals surface area contributed by atoms with Crippen molar-refractivity contribution in [3.8, 4) is 0 Å². The number of nitrogens with two attached hydrogens (primary N) is 2. The van der Waals surface area contributed by atoms with Gasteiger partial charge in [-0.1, -0.05) is 6.42 Å². The molecule has 0 bridgehead atoms. The molecule has 1 unspecified atom stereocenters. The van der Waals surface area contributed by atoms with Gasteiger partial charge in [0.15, 0.2) is 0 Å². The summed E-state index contributed by atoms with van der Waals surface area (Å²) in [5.41, 5.74) is 13.5. The molecule has 136 valence electrons. The molecule has 25 heavy (non-hydrogen) atoms. The summed E-state index contributed by atoms with van der Waals surface area (Å²) in [4.78, 5) is 30.1. The average Bonchev–Trinajstić information content (AvgIpc) is 2.96. The molecule has 3 rings (SSSR count). The highest BCUT2D eigenvalue weighted by atomic mass is 32.2. The number of ether oxygens (including phenoxy) is 1. The second-order valence-corrected chi connectivity index (χ2v) is 8.82. The molecule has 2 heterocycles. The molecule has 0 spiro atoms. The van der Waals surface area contributed by atoms with Gasteiger partial charge in [0.05, 0.1) is 10.6 Å². The first-order valence-corrected chi connectivity index (χ1v) is 10.2. The number of primary amides is 1. The van der Waals surface area contributed by atoms with E-state index in [-0.39, 0.29) is 12.1 Å². The Morgan fingerprint density at radius 3 is 2.76 bits per heavy atom. The molecular formula is C18H25N3O3S. The van der Waals surface area contributed by atoms with Gasteiger partial charge in [0, 0.05) is 16.8 Å². The van der Waals surface area contributed by atoms with Crippen LogP contribution in [0.2, 0.25) is 0 Å². The number of hydrogen-bond donors (Lipinski definition) is 3. The molecule has 1 aromatic heterocycles. The van der Waals surface area contributed by atoms with Gasteiger partial charge in [-0.15, -0.1) is 0 Å². The zero-order chi connectivity index (χ0) is 18.0. The molecule has 2 aliphatic rings. The van der Waals surface area contributed by atoms with E-state index in [0.29, 0.717) is 10.7 Å². The van der Waals surface area contributed by atoms with E-state index in [2.05, 4.69) is 4.98 Å². The number of thiol groups is 1. The van der Waals surface area contributed by atoms with E-state index < -0.39 is 22.8 Å². The molecule has 1 aliphatic heterocycles. The number of amides is 1. The van der Waals surface area contributed by atoms with Crippen molar-refractivity contribution in [2.75, 3.05) is 5.75 Å². The van der Waals surface area contributed by atoms with Gasteiger partial charge < -0.3 is 16.2 Å². The van der Waals surface area contributed by atoms with Crippen molar-refractivity contribution in [1.29, 1.82) is 0 Å². The molecule has 6 nitrogen and oxygen atoms in total. The summed E-state index contributed by atoms with van der Waals surface area (Å²) in [6, 6.07) is 1.14. The molecule has 0 saturated heterocycles. The van der Waals surface area contributed by atoms with Crippen LogP contribution in [0.3, 0.4) is 0 Å². The summed E-state index contributed by atoms with van der Waals surface area (Å²) in [5.74, 6) is -0.501. The lowest BCUT2D eigenvalue weighted by Crippen LogP contribution is -2.38. The number of esters is 1. The smallest absolute Gasteiger partial charge is 0.323 e. The fourth-order valence-corrected chi connectivity index (χ4v) is 6.06. The second-order valence-electron chi connectivity index (χ2n) is 6.67. The molecule has 0 aromatic carbocycles. The lowest BCUT2D eigenvalue weighted by molar-refractivity contribution is -0.151. The first-order chi connectivity index (χ1) is 12.0. The number of aromatic nitrogens is 1. The number of rotatable bonds is 5. The van der Waals surface area contributed by atoms with Crippen LogP contribution in [0.4, 0.5) is 0 Å². The average molecular weight is 363 g/mol. The highest BCUT2D eigenvalue weighted by Crippen LogP contribution is 2.52. The third-order valence-electron chi connectivity index (χ3n) is 4.76. The zero-order valence-electron chi connectivity index (χ0n) is 14.4. The fraction of sp³-hybridized carbons (Fsp3) is 0.500. The van der Waals surface area contributed by atoms with Crippen molar-refractivity contribution in [3.63, 3.8) is 0 Å². The maximum absolute atomic E-state index is 12.4. The van der Waals surface area contributed by atoms with Crippen LogP contribution in [0.25, 0.3) is 6.08 Å². The van der Waals surface area contributed by atoms with Crippen molar-refractivity contribution in [2.45, 2.75) is 56.1 Å². The molecule has 2 atom stereocenters. The minimum atomic E-state index is -1.08. The molecule has 4 N–H and O–H groups in total. The molecule has 1 saturated carbocycles. The van der Waals surface area contributed by atoms with Crippen LogP contribution in [0, 0.1) is 6.92 Å². The number of nitrogens with zero attached hydrogens (tertiary/aromatic N) is 1. The quantitative estimate of drug-likeness (QED) is 0.546. The van der Waals surface area contributed by atoms with Crippen molar-refractivity contribution >= 4 is 28.8 Å². The second kappa shape index (κ2) is 7.58. The summed E-state index contributed by atoms with van der Waals surface area (Å²) < 4.78 is 5.57. The Kier molecular flexibility index (Phi) is 5.44. The van der Waals surface area contributed by atoms with Crippen molar-refractivity contribution in [2.24, 2.45) is 11.5 Å². The Labute approximate surface area is 150 Å². The van der Waals surface area contributed by atoms with E-state index in [1.807, 2.05) is 13.0 Å². The number of aryl methyl sites for hydroxylation is 1. The van der Waals surface area contributed by atoms with Gasteiger partial charge in [-0.3, -0.25) is 14.6 Å². The number of carbonyl (C=O) groups excluding carboxylic acids is 2. The van der Waals surface area contributed by atoms with E-state index >= 15 is 0 Å². The molecular weight excluding hydrogens is 338 g/mol. The lowest BCUT2D eigenvalue weighted by atomic mass is 9.98. The van der Waals surface area contributed by atoms with Crippen LogP contribution in [0.1, 0.15) is 43.4 Å². The van der Waals surface area contributed by atoms with Crippen LogP contribution >= 0.6 is 10.9 Å². The van der Waals surface area contributed by atoms with E-state index in [1.165, 1.54) is 6.42 Å². The van der Waals surface area contributed by atoms with Gasteiger partial charge in [0.25, 0.3) is 5.91 Å². The monoisotopic (exact) mass is 363 g/mol. The minimum absolute atomic E-state index is 0.0227. The number of fused-ring (bicyclic) bond motifs is 1. The SMILES string of the molecule is Cc1ccnc2c1[SH](C[C@H](N)C(=O)OC1CCCCC1)C(C(N)=O)=C2. The molecule has 1 aliphatic carbocycles. The van der Waals surface area contributed by atoms with Gasteiger partial charge in [-0.2, -0.15) is 10.9 Å². The molecule has 0 radical (unpaired) electrons. The van der Waals surface area contributed by atoms with Crippen LogP contribution in [-0.2, 0) is 14.3 Å². The van der Waals surface area contributed by atoms with Gasteiger partial charge >= 0.3 is 5.97 Å². The largest absolute Gasteiger partial charge is 0.461 e. The van der Waals surface area contributed by atoms with Crippen LogP contribution in [-0.4, -0.2) is 34.8 Å². The maximum Gasteiger partial charge on any atom is 0.323 e. The van der Waals surface area contributed by atoms with Gasteiger partial charge in [-0.05, 0) is 50.3 Å². The van der Waals surface area contributed by atoms with Crippen molar-refractivity contribution < 1.29 is 14.3 Å². The topological polar surface area (TPSA) is 108 Å². The summed E-state index contributed by atoms with van der Waals surface area (Å²) >= 11 is 0. The summed E-state index contributed by atoms with van der Waals surface area (Å²) in [7, 11) is -1.08. The Hall–Kier alpha value is -1.86. The van der Waals surface area contributed by atoms with E-state index in [9.17, 15) is 9.59 Å². The highest BCUT2D eigenvalue weighted by Gasteiger charge is 2.32. The standard InChI is InChI=1S/C18H25N3O3S/c1-11-7-8-21-14-9-15(17(20)22)25(16(11)14)10-13(19)18(23)24-12-5-3-2-4-6-12/h7-9,12-13,25H,2-6,10,19H2,1H3,(H2,20,22)/t13-/m0/s1. The van der Waals surface area contributed by atoms with Crippen LogP contribution < -0.4 is 11.5 Å². The molecule has 1 aromatic rings. The Balaban J connectivity index is 1.73. The van der Waals surface area contributed by atoms with Crippen molar-refractivity contribution in [3.05, 3.63) is 28.4 Å². The Bertz CT molecular complexity index is 714. The highest BCUT2D eigenvalue weighted by molar-refractivity contribution is 8.21. The van der Waals surface area contributed by atoms with E-state index in [0.717, 1.165) is 41.8 Å². The zero-order valence-corrected chi connectivity index (χ0v) is 15.3. The predicted octanol–water partition coefficient (Wildman–Crippen LogP) is 1.79.